The maximum absolute atomic E-state index is 10.7. The summed E-state index contributed by atoms with van der Waals surface area (Å²) in [7, 11) is 0. The van der Waals surface area contributed by atoms with Crippen LogP contribution in [0.1, 0.15) is 10.4 Å². The Kier molecular flexibility index (Phi) is 4.33. The van der Waals surface area contributed by atoms with E-state index in [1.165, 1.54) is 12.1 Å². The molecule has 0 N–H and O–H groups in total. The van der Waals surface area contributed by atoms with Crippen LogP contribution in [0.5, 0.6) is 5.75 Å². The van der Waals surface area contributed by atoms with E-state index in [0.29, 0.717) is 17.7 Å². The first-order chi connectivity index (χ1) is 8.70. The standard InChI is InChI=1S/C12H10BrNO3S/c13-7-9-6-10(14(15)16)3-4-12(9)17-8-11-2-1-5-18-11/h1-6H,7-8H2. The molecule has 0 amide bonds. The van der Waals surface area contributed by atoms with Gasteiger partial charge in [0.05, 0.1) is 4.92 Å². The van der Waals surface area contributed by atoms with Crippen LogP contribution >= 0.6 is 27.3 Å². The highest BCUT2D eigenvalue weighted by Crippen LogP contribution is 2.27. The van der Waals surface area contributed by atoms with E-state index in [0.717, 1.165) is 10.4 Å². The van der Waals surface area contributed by atoms with Crippen molar-refractivity contribution in [3.05, 3.63) is 56.3 Å². The number of rotatable bonds is 5. The zero-order chi connectivity index (χ0) is 13.0. The second-order valence-corrected chi connectivity index (χ2v) is 5.14. The zero-order valence-electron chi connectivity index (χ0n) is 9.34. The lowest BCUT2D eigenvalue weighted by Gasteiger charge is -2.08. The SMILES string of the molecule is O=[N+]([O-])c1ccc(OCc2cccs2)c(CBr)c1. The number of hydrogen-bond acceptors (Lipinski definition) is 4. The highest BCUT2D eigenvalue weighted by molar-refractivity contribution is 9.08. The van der Waals surface area contributed by atoms with Crippen LogP contribution < -0.4 is 4.74 Å². The molecule has 2 rings (SSSR count). The van der Waals surface area contributed by atoms with E-state index in [1.54, 1.807) is 17.4 Å². The fourth-order valence-corrected chi connectivity index (χ4v) is 2.52. The first-order valence-electron chi connectivity index (χ1n) is 5.19. The van der Waals surface area contributed by atoms with E-state index < -0.39 is 4.92 Å². The first kappa shape index (κ1) is 13.0. The second-order valence-electron chi connectivity index (χ2n) is 3.55. The first-order valence-corrected chi connectivity index (χ1v) is 7.19. The zero-order valence-corrected chi connectivity index (χ0v) is 11.7. The Hall–Kier alpha value is -1.40. The average Bonchev–Trinajstić information content (AvgIpc) is 2.89. The Labute approximate surface area is 116 Å². The van der Waals surface area contributed by atoms with Crippen LogP contribution in [-0.4, -0.2) is 4.92 Å². The summed E-state index contributed by atoms with van der Waals surface area (Å²) >= 11 is 4.93. The molecule has 1 aromatic carbocycles. The summed E-state index contributed by atoms with van der Waals surface area (Å²) in [5.41, 5.74) is 0.855. The van der Waals surface area contributed by atoms with Crippen molar-refractivity contribution >= 4 is 33.0 Å². The van der Waals surface area contributed by atoms with Gasteiger partial charge in [-0.1, -0.05) is 22.0 Å². The van der Waals surface area contributed by atoms with E-state index >= 15 is 0 Å². The molecule has 0 bridgehead atoms. The molecule has 0 aliphatic carbocycles. The fourth-order valence-electron chi connectivity index (χ4n) is 1.47. The third-order valence-electron chi connectivity index (χ3n) is 2.35. The van der Waals surface area contributed by atoms with Crippen LogP contribution in [-0.2, 0) is 11.9 Å². The van der Waals surface area contributed by atoms with Crippen molar-refractivity contribution in [2.24, 2.45) is 0 Å². The van der Waals surface area contributed by atoms with Gasteiger partial charge in [-0.2, -0.15) is 0 Å². The van der Waals surface area contributed by atoms with E-state index in [-0.39, 0.29) is 5.69 Å². The predicted octanol–water partition coefficient (Wildman–Crippen LogP) is 4.13. The predicted molar refractivity (Wildman–Crippen MR) is 74.4 cm³/mol. The number of non-ortho nitro benzene ring substituents is 1. The number of nitro benzene ring substituents is 1. The summed E-state index contributed by atoms with van der Waals surface area (Å²) in [6.45, 7) is 0.482. The lowest BCUT2D eigenvalue weighted by atomic mass is 10.2. The van der Waals surface area contributed by atoms with Crippen molar-refractivity contribution < 1.29 is 9.66 Å². The molecule has 94 valence electrons. The molecule has 0 saturated heterocycles. The summed E-state index contributed by atoms with van der Waals surface area (Å²) in [5, 5.41) is 13.2. The third kappa shape index (κ3) is 3.08. The number of thiophene rings is 1. The van der Waals surface area contributed by atoms with Crippen molar-refractivity contribution in [3.8, 4) is 5.75 Å². The highest BCUT2D eigenvalue weighted by Gasteiger charge is 2.11. The molecule has 0 radical (unpaired) electrons. The van der Waals surface area contributed by atoms with Crippen molar-refractivity contribution in [2.75, 3.05) is 0 Å². The smallest absolute Gasteiger partial charge is 0.270 e. The molecule has 4 nitrogen and oxygen atoms in total. The summed E-state index contributed by atoms with van der Waals surface area (Å²) in [5.74, 6) is 0.672. The lowest BCUT2D eigenvalue weighted by Crippen LogP contribution is -1.97. The Morgan fingerprint density at radius 3 is 2.83 bits per heavy atom. The molecule has 1 aromatic heterocycles. The minimum Gasteiger partial charge on any atom is -0.488 e. The molecule has 0 aliphatic heterocycles. The molecular formula is C12H10BrNO3S. The topological polar surface area (TPSA) is 52.4 Å². The van der Waals surface area contributed by atoms with Gasteiger partial charge in [0, 0.05) is 27.9 Å². The molecule has 0 spiro atoms. The molecule has 0 saturated carbocycles. The summed E-state index contributed by atoms with van der Waals surface area (Å²) in [6, 6.07) is 8.57. The van der Waals surface area contributed by atoms with E-state index in [2.05, 4.69) is 15.9 Å². The molecular weight excluding hydrogens is 318 g/mol. The summed E-state index contributed by atoms with van der Waals surface area (Å²) in [6.07, 6.45) is 0. The van der Waals surface area contributed by atoms with Crippen molar-refractivity contribution in [3.63, 3.8) is 0 Å². The van der Waals surface area contributed by atoms with Gasteiger partial charge in [0.2, 0.25) is 0 Å². The maximum atomic E-state index is 10.7. The van der Waals surface area contributed by atoms with Crippen LogP contribution in [0.4, 0.5) is 5.69 Å². The van der Waals surface area contributed by atoms with Gasteiger partial charge in [0.25, 0.3) is 5.69 Å². The van der Waals surface area contributed by atoms with Crippen LogP contribution in [0.15, 0.2) is 35.7 Å². The van der Waals surface area contributed by atoms with Gasteiger partial charge in [0.1, 0.15) is 12.4 Å². The van der Waals surface area contributed by atoms with Crippen LogP contribution in [0, 0.1) is 10.1 Å². The van der Waals surface area contributed by atoms with Gasteiger partial charge >= 0.3 is 0 Å². The van der Waals surface area contributed by atoms with Gasteiger partial charge in [-0.3, -0.25) is 10.1 Å². The number of ether oxygens (including phenoxy) is 1. The van der Waals surface area contributed by atoms with E-state index in [9.17, 15) is 10.1 Å². The molecule has 0 unspecified atom stereocenters. The van der Waals surface area contributed by atoms with Crippen molar-refractivity contribution in [1.82, 2.24) is 0 Å². The third-order valence-corrected chi connectivity index (χ3v) is 3.80. The molecule has 6 heteroatoms. The highest BCUT2D eigenvalue weighted by atomic mass is 79.9. The monoisotopic (exact) mass is 327 g/mol. The Balaban J connectivity index is 2.14. The molecule has 0 fully saturated rings. The number of alkyl halides is 1. The maximum Gasteiger partial charge on any atom is 0.270 e. The molecule has 2 aromatic rings. The fraction of sp³-hybridized carbons (Fsp3) is 0.167. The Bertz CT molecular complexity index is 542. The number of nitrogens with zero attached hydrogens (tertiary/aromatic N) is 1. The normalized spacial score (nSPS) is 10.3. The van der Waals surface area contributed by atoms with Crippen molar-refractivity contribution in [2.45, 2.75) is 11.9 Å². The Morgan fingerprint density at radius 2 is 2.22 bits per heavy atom. The van der Waals surface area contributed by atoms with Gasteiger partial charge in [0.15, 0.2) is 0 Å². The largest absolute Gasteiger partial charge is 0.488 e. The van der Waals surface area contributed by atoms with Crippen LogP contribution in [0.2, 0.25) is 0 Å². The van der Waals surface area contributed by atoms with Gasteiger partial charge in [-0.05, 0) is 17.5 Å². The molecule has 0 aliphatic rings. The summed E-state index contributed by atoms with van der Waals surface area (Å²) in [4.78, 5) is 11.4. The quantitative estimate of drug-likeness (QED) is 0.471. The molecule has 18 heavy (non-hydrogen) atoms. The van der Waals surface area contributed by atoms with Gasteiger partial charge in [-0.25, -0.2) is 0 Å². The van der Waals surface area contributed by atoms with E-state index in [4.69, 9.17) is 4.74 Å². The number of halogens is 1. The van der Waals surface area contributed by atoms with Gasteiger partial charge in [-0.15, -0.1) is 11.3 Å². The molecule has 0 atom stereocenters. The van der Waals surface area contributed by atoms with Crippen molar-refractivity contribution in [1.29, 1.82) is 0 Å². The van der Waals surface area contributed by atoms with Crippen LogP contribution in [0.25, 0.3) is 0 Å². The average molecular weight is 328 g/mol. The minimum absolute atomic E-state index is 0.0768. The number of nitro groups is 1. The number of benzene rings is 1. The number of hydrogen-bond donors (Lipinski definition) is 0. The minimum atomic E-state index is -0.408. The van der Waals surface area contributed by atoms with Crippen LogP contribution in [0.3, 0.4) is 0 Å². The van der Waals surface area contributed by atoms with E-state index in [1.807, 2.05) is 17.5 Å². The second kappa shape index (κ2) is 5.97. The Morgan fingerprint density at radius 1 is 1.39 bits per heavy atom. The molecule has 1 heterocycles. The summed E-state index contributed by atoms with van der Waals surface area (Å²) < 4.78 is 5.66. The van der Waals surface area contributed by atoms with Gasteiger partial charge < -0.3 is 4.74 Å². The lowest BCUT2D eigenvalue weighted by molar-refractivity contribution is -0.384.